The van der Waals surface area contributed by atoms with Crippen LogP contribution in [0.1, 0.15) is 12.8 Å². The molecule has 0 aliphatic heterocycles. The number of H-pyrrole nitrogens is 1. The number of rotatable bonds is 6. The van der Waals surface area contributed by atoms with Crippen LogP contribution in [-0.2, 0) is 25.4 Å². The summed E-state index contributed by atoms with van der Waals surface area (Å²) in [4.78, 5) is 39.8. The van der Waals surface area contributed by atoms with Gasteiger partial charge in [-0.05, 0) is 46.5 Å². The number of aromatic nitrogens is 4. The quantitative estimate of drug-likeness (QED) is 0.464. The van der Waals surface area contributed by atoms with E-state index in [1.54, 1.807) is 29.3 Å². The number of nitrogens with one attached hydrogen (secondary N) is 2. The molecule has 3 aromatic heterocycles. The molecule has 2 N–H and O–H groups in total. The van der Waals surface area contributed by atoms with Crippen LogP contribution in [0.3, 0.4) is 0 Å². The molecule has 0 radical (unpaired) electrons. The maximum Gasteiger partial charge on any atom is 0.333 e. The number of aromatic amines is 1. The number of hydrogen-bond donors (Lipinski definition) is 2. The van der Waals surface area contributed by atoms with Crippen molar-refractivity contribution in [3.05, 3.63) is 68.3 Å². The van der Waals surface area contributed by atoms with Crippen LogP contribution in [0.15, 0.2) is 57.0 Å². The number of amides is 1. The molecule has 154 valence electrons. The standard InChI is InChI=1S/C21H21N5O3S/c1-24-19-18(20(28)25(2)21(24)29)26(13-22-19)10-3-4-17(27)23-16-7-5-14(6-8-16)15-9-11-30-12-15/h5-9,11-13H,3-4,10H2,1-2H3,(H,23,27)/p+1. The van der Waals surface area contributed by atoms with E-state index in [4.69, 9.17) is 0 Å². The van der Waals surface area contributed by atoms with Gasteiger partial charge in [-0.15, -0.1) is 0 Å². The van der Waals surface area contributed by atoms with E-state index in [1.807, 2.05) is 29.6 Å². The minimum atomic E-state index is -0.383. The Hall–Kier alpha value is -3.46. The number of nitrogens with zero attached hydrogens (tertiary/aromatic N) is 3. The second-order valence-corrected chi connectivity index (χ2v) is 7.89. The Morgan fingerprint density at radius 1 is 1.10 bits per heavy atom. The van der Waals surface area contributed by atoms with Crippen LogP contribution in [0.25, 0.3) is 22.3 Å². The maximum atomic E-state index is 12.5. The fourth-order valence-corrected chi connectivity index (χ4v) is 4.10. The second kappa shape index (κ2) is 8.11. The van der Waals surface area contributed by atoms with Crippen LogP contribution in [0, 0.1) is 0 Å². The Morgan fingerprint density at radius 3 is 2.57 bits per heavy atom. The second-order valence-electron chi connectivity index (χ2n) is 7.11. The van der Waals surface area contributed by atoms with E-state index in [0.717, 1.165) is 21.4 Å². The van der Waals surface area contributed by atoms with Crippen molar-refractivity contribution in [1.29, 1.82) is 0 Å². The highest BCUT2D eigenvalue weighted by molar-refractivity contribution is 7.08. The third-order valence-corrected chi connectivity index (χ3v) is 5.79. The van der Waals surface area contributed by atoms with Gasteiger partial charge in [-0.2, -0.15) is 11.3 Å². The highest BCUT2D eigenvalue weighted by Gasteiger charge is 2.19. The SMILES string of the molecule is Cn1c(=O)c2c([nH]c[n+]2CCCC(=O)Nc2ccc(-c3ccsc3)cc2)n(C)c1=O. The first-order valence-corrected chi connectivity index (χ1v) is 10.5. The van der Waals surface area contributed by atoms with Gasteiger partial charge in [-0.3, -0.25) is 18.7 Å². The highest BCUT2D eigenvalue weighted by Crippen LogP contribution is 2.23. The third kappa shape index (κ3) is 3.71. The Balaban J connectivity index is 1.38. The van der Waals surface area contributed by atoms with Crippen LogP contribution >= 0.6 is 11.3 Å². The molecule has 0 aliphatic rings. The van der Waals surface area contributed by atoms with Crippen molar-refractivity contribution >= 4 is 34.1 Å². The molecular formula is C21H22N5O3S+. The lowest BCUT2D eigenvalue weighted by atomic mass is 10.1. The van der Waals surface area contributed by atoms with Crippen LogP contribution in [0.4, 0.5) is 5.69 Å². The van der Waals surface area contributed by atoms with Gasteiger partial charge in [-0.25, -0.2) is 14.3 Å². The molecule has 0 aliphatic carbocycles. The maximum absolute atomic E-state index is 12.5. The van der Waals surface area contributed by atoms with E-state index in [9.17, 15) is 14.4 Å². The van der Waals surface area contributed by atoms with Crippen LogP contribution < -0.4 is 21.1 Å². The van der Waals surface area contributed by atoms with Crippen molar-refractivity contribution in [2.45, 2.75) is 19.4 Å². The molecule has 9 heteroatoms. The monoisotopic (exact) mass is 424 g/mol. The van der Waals surface area contributed by atoms with Crippen molar-refractivity contribution in [2.24, 2.45) is 14.1 Å². The number of aryl methyl sites for hydroxylation is 2. The molecular weight excluding hydrogens is 402 g/mol. The van der Waals surface area contributed by atoms with Crippen molar-refractivity contribution in [3.63, 3.8) is 0 Å². The zero-order chi connectivity index (χ0) is 21.3. The molecule has 0 atom stereocenters. The zero-order valence-electron chi connectivity index (χ0n) is 16.7. The van der Waals surface area contributed by atoms with E-state index in [-0.39, 0.29) is 17.2 Å². The smallest absolute Gasteiger partial charge is 0.326 e. The number of fused-ring (bicyclic) bond motifs is 1. The molecule has 0 bridgehead atoms. The van der Waals surface area contributed by atoms with Gasteiger partial charge < -0.3 is 5.32 Å². The molecule has 0 saturated heterocycles. The Labute approximate surface area is 176 Å². The topological polar surface area (TPSA) is 92.8 Å². The lowest BCUT2D eigenvalue weighted by Crippen LogP contribution is -2.43. The van der Waals surface area contributed by atoms with Crippen molar-refractivity contribution < 1.29 is 9.36 Å². The lowest BCUT2D eigenvalue weighted by Gasteiger charge is -2.06. The van der Waals surface area contributed by atoms with Crippen molar-refractivity contribution in [1.82, 2.24) is 14.1 Å². The summed E-state index contributed by atoms with van der Waals surface area (Å²) in [6.07, 6.45) is 2.53. The zero-order valence-corrected chi connectivity index (χ0v) is 17.5. The molecule has 1 aromatic carbocycles. The molecule has 0 saturated carbocycles. The first-order valence-electron chi connectivity index (χ1n) is 9.54. The van der Waals surface area contributed by atoms with Gasteiger partial charge in [0, 0.05) is 26.2 Å². The number of imidazole rings is 1. The van der Waals surface area contributed by atoms with Crippen molar-refractivity contribution in [3.8, 4) is 11.1 Å². The fourth-order valence-electron chi connectivity index (χ4n) is 3.44. The predicted octanol–water partition coefficient (Wildman–Crippen LogP) is 2.00. The molecule has 3 heterocycles. The predicted molar refractivity (Wildman–Crippen MR) is 117 cm³/mol. The molecule has 1 amide bonds. The van der Waals surface area contributed by atoms with E-state index >= 15 is 0 Å². The molecule has 8 nitrogen and oxygen atoms in total. The van der Waals surface area contributed by atoms with E-state index in [2.05, 4.69) is 21.7 Å². The number of anilines is 1. The van der Waals surface area contributed by atoms with Gasteiger partial charge in [0.15, 0.2) is 0 Å². The number of carbonyl (C=O) groups excluding carboxylic acids is 1. The Kier molecular flexibility index (Phi) is 5.37. The molecule has 0 unspecified atom stereocenters. The van der Waals surface area contributed by atoms with Gasteiger partial charge in [0.05, 0.1) is 6.54 Å². The van der Waals surface area contributed by atoms with Gasteiger partial charge in [0.25, 0.3) is 11.2 Å². The van der Waals surface area contributed by atoms with Crippen LogP contribution in [-0.4, -0.2) is 20.0 Å². The summed E-state index contributed by atoms with van der Waals surface area (Å²) in [6.45, 7) is 0.484. The lowest BCUT2D eigenvalue weighted by molar-refractivity contribution is -0.672. The summed E-state index contributed by atoms with van der Waals surface area (Å²) in [5.41, 5.74) is 3.18. The summed E-state index contributed by atoms with van der Waals surface area (Å²) in [5, 5.41) is 7.02. The number of hydrogen-bond acceptors (Lipinski definition) is 4. The van der Waals surface area contributed by atoms with E-state index < -0.39 is 0 Å². The molecule has 4 aromatic rings. The summed E-state index contributed by atoms with van der Waals surface area (Å²) in [6, 6.07) is 9.82. The molecule has 4 rings (SSSR count). The molecule has 0 spiro atoms. The summed E-state index contributed by atoms with van der Waals surface area (Å²) >= 11 is 1.65. The number of benzene rings is 1. The largest absolute Gasteiger partial charge is 0.333 e. The third-order valence-electron chi connectivity index (χ3n) is 5.11. The number of carbonyl (C=O) groups is 1. The Morgan fingerprint density at radius 2 is 1.87 bits per heavy atom. The summed E-state index contributed by atoms with van der Waals surface area (Å²) in [7, 11) is 3.07. The van der Waals surface area contributed by atoms with E-state index in [1.165, 1.54) is 11.6 Å². The van der Waals surface area contributed by atoms with Gasteiger partial charge in [0.1, 0.15) is 0 Å². The average Bonchev–Trinajstić information content (AvgIpc) is 3.42. The minimum absolute atomic E-state index is 0.0842. The van der Waals surface area contributed by atoms with Gasteiger partial charge in [-0.1, -0.05) is 12.1 Å². The molecule has 30 heavy (non-hydrogen) atoms. The average molecular weight is 425 g/mol. The molecule has 0 fully saturated rings. The fraction of sp³-hybridized carbons (Fsp3) is 0.238. The van der Waals surface area contributed by atoms with E-state index in [0.29, 0.717) is 30.6 Å². The summed E-state index contributed by atoms with van der Waals surface area (Å²) in [5.74, 6) is -0.0842. The van der Waals surface area contributed by atoms with Crippen LogP contribution in [0.2, 0.25) is 0 Å². The van der Waals surface area contributed by atoms with Crippen LogP contribution in [0.5, 0.6) is 0 Å². The normalized spacial score (nSPS) is 11.1. The van der Waals surface area contributed by atoms with Crippen molar-refractivity contribution in [2.75, 3.05) is 5.32 Å². The highest BCUT2D eigenvalue weighted by atomic mass is 32.1. The first-order chi connectivity index (χ1) is 14.5. The van der Waals surface area contributed by atoms with Gasteiger partial charge >= 0.3 is 11.2 Å². The van der Waals surface area contributed by atoms with Gasteiger partial charge in [0.2, 0.25) is 12.2 Å². The first kappa shape index (κ1) is 19.8. The minimum Gasteiger partial charge on any atom is -0.326 e. The number of thiophene rings is 1. The summed E-state index contributed by atoms with van der Waals surface area (Å²) < 4.78 is 4.24. The Bertz CT molecular complexity index is 1310.